The predicted molar refractivity (Wildman–Crippen MR) is 171 cm³/mol. The van der Waals surface area contributed by atoms with Crippen LogP contribution in [0.1, 0.15) is 42.5 Å². The van der Waals surface area contributed by atoms with E-state index in [-0.39, 0.29) is 41.2 Å². The van der Waals surface area contributed by atoms with Gasteiger partial charge in [0, 0.05) is 31.8 Å². The van der Waals surface area contributed by atoms with Crippen molar-refractivity contribution in [2.75, 3.05) is 14.1 Å². The number of amides is 4. The van der Waals surface area contributed by atoms with Gasteiger partial charge in [0.1, 0.15) is 0 Å². The van der Waals surface area contributed by atoms with Crippen LogP contribution in [0, 0.1) is 42.4 Å². The third-order valence-electron chi connectivity index (χ3n) is 8.08. The first-order valence-corrected chi connectivity index (χ1v) is 14.7. The van der Waals surface area contributed by atoms with E-state index in [1.54, 1.807) is 18.2 Å². The average molecular weight is 593 g/mol. The van der Waals surface area contributed by atoms with Crippen molar-refractivity contribution in [3.63, 3.8) is 0 Å². The number of hydrogen-bond donors (Lipinski definition) is 0. The molecule has 5 aliphatic rings. The van der Waals surface area contributed by atoms with Crippen molar-refractivity contribution < 1.29 is 24.0 Å². The summed E-state index contributed by atoms with van der Waals surface area (Å²) in [6.07, 6.45) is 11.6. The first-order chi connectivity index (χ1) is 21.0. The number of hydrogen-bond acceptors (Lipinski definition) is 5. The molecule has 2 aromatic rings. The minimum Gasteiger partial charge on any atom is -0.295 e. The molecule has 4 atom stereocenters. The largest absolute Gasteiger partial charge is 0.295 e. The molecule has 3 aliphatic carbocycles. The average Bonchev–Trinajstić information content (AvgIpc) is 3.76. The highest BCUT2D eigenvalue weighted by Crippen LogP contribution is 2.52. The summed E-state index contributed by atoms with van der Waals surface area (Å²) < 4.78 is 0. The van der Waals surface area contributed by atoms with Gasteiger partial charge in [0.15, 0.2) is 5.78 Å². The van der Waals surface area contributed by atoms with E-state index in [0.29, 0.717) is 11.8 Å². The van der Waals surface area contributed by atoms with Gasteiger partial charge < -0.3 is 0 Å². The van der Waals surface area contributed by atoms with E-state index >= 15 is 0 Å². The monoisotopic (exact) mass is 592 g/mol. The maximum atomic E-state index is 11.7. The molecule has 2 heterocycles. The molecule has 4 unspecified atom stereocenters. The van der Waals surface area contributed by atoms with E-state index in [2.05, 4.69) is 55.7 Å². The van der Waals surface area contributed by atoms with Crippen LogP contribution in [-0.2, 0) is 36.8 Å². The number of likely N-dealkylation sites (N-methyl/N-ethyl adjacent to an activating group) is 1. The van der Waals surface area contributed by atoms with Crippen molar-refractivity contribution in [2.24, 2.45) is 23.7 Å². The van der Waals surface area contributed by atoms with Crippen LogP contribution in [0.5, 0.6) is 0 Å². The lowest BCUT2D eigenvalue weighted by Crippen LogP contribution is -2.28. The predicted octanol–water partition coefficient (Wildman–Crippen LogP) is 4.88. The summed E-state index contributed by atoms with van der Waals surface area (Å²) in [5, 5.41) is 0. The lowest BCUT2D eigenvalue weighted by atomic mass is 9.85. The summed E-state index contributed by atoms with van der Waals surface area (Å²) >= 11 is 0. The second-order valence-corrected chi connectivity index (χ2v) is 11.1. The van der Waals surface area contributed by atoms with Crippen molar-refractivity contribution in [1.82, 2.24) is 9.80 Å². The molecule has 2 bridgehead atoms. The zero-order valence-corrected chi connectivity index (χ0v) is 26.1. The molecule has 7 rings (SSSR count). The Kier molecular flexibility index (Phi) is 11.9. The molecular formula is C37H40N2O5. The quantitative estimate of drug-likeness (QED) is 0.204. The van der Waals surface area contributed by atoms with Crippen LogP contribution in [-0.4, -0.2) is 53.3 Å². The third-order valence-corrected chi connectivity index (χ3v) is 8.08. The van der Waals surface area contributed by atoms with E-state index in [9.17, 15) is 24.0 Å². The smallest absolute Gasteiger partial charge is 0.253 e. The Balaban J connectivity index is 0.000000155. The van der Waals surface area contributed by atoms with E-state index in [4.69, 9.17) is 0 Å². The Labute approximate surface area is 260 Å². The summed E-state index contributed by atoms with van der Waals surface area (Å²) in [6, 6.07) is 16.7. The van der Waals surface area contributed by atoms with E-state index in [1.165, 1.54) is 55.5 Å². The number of likely N-dealkylation sites (tertiary alicyclic amines) is 1. The van der Waals surface area contributed by atoms with Gasteiger partial charge in [0.25, 0.3) is 11.8 Å². The molecule has 0 aromatic heterocycles. The van der Waals surface area contributed by atoms with E-state index < -0.39 is 0 Å². The van der Waals surface area contributed by atoms with Gasteiger partial charge in [-0.15, -0.1) is 5.92 Å². The highest BCUT2D eigenvalue weighted by atomic mass is 16.2. The van der Waals surface area contributed by atoms with Crippen LogP contribution >= 0.6 is 0 Å². The number of allylic oxidation sites excluding steroid dienone is 3. The number of carbonyl (C=O) groups is 5. The number of nitrogens with zero attached hydrogens (tertiary/aromatic N) is 2. The van der Waals surface area contributed by atoms with Gasteiger partial charge in [0.05, 0.1) is 11.8 Å². The fourth-order valence-corrected chi connectivity index (χ4v) is 5.52. The number of fused-ring (bicyclic) bond motifs is 6. The van der Waals surface area contributed by atoms with Gasteiger partial charge in [-0.25, -0.2) is 0 Å². The maximum absolute atomic E-state index is 11.7. The van der Waals surface area contributed by atoms with Crippen LogP contribution in [0.2, 0.25) is 0 Å². The molecule has 2 fully saturated rings. The van der Waals surface area contributed by atoms with Crippen LogP contribution in [0.15, 0.2) is 85.5 Å². The molecule has 4 amide bonds. The number of benzene rings is 2. The minimum absolute atomic E-state index is 0.0185. The van der Waals surface area contributed by atoms with Crippen molar-refractivity contribution in [2.45, 2.75) is 40.0 Å². The normalized spacial score (nSPS) is 22.3. The first-order valence-electron chi connectivity index (χ1n) is 14.7. The van der Waals surface area contributed by atoms with Gasteiger partial charge in [-0.3, -0.25) is 33.8 Å². The molecule has 2 aromatic carbocycles. The van der Waals surface area contributed by atoms with Gasteiger partial charge in [-0.05, 0) is 81.2 Å². The molecule has 7 heteroatoms. The van der Waals surface area contributed by atoms with Crippen molar-refractivity contribution in [1.29, 1.82) is 0 Å². The summed E-state index contributed by atoms with van der Waals surface area (Å²) in [6.45, 7) is 8.67. The highest BCUT2D eigenvalue weighted by Gasteiger charge is 2.58. The van der Waals surface area contributed by atoms with Crippen LogP contribution < -0.4 is 0 Å². The van der Waals surface area contributed by atoms with Crippen LogP contribution in [0.25, 0.3) is 0 Å². The summed E-state index contributed by atoms with van der Waals surface area (Å²) in [5.74, 6) is 6.04. The highest BCUT2D eigenvalue weighted by molar-refractivity contribution is 6.12. The molecule has 7 nitrogen and oxygen atoms in total. The number of aryl methyl sites for hydroxylation is 3. The Hall–Kier alpha value is -4.83. The van der Waals surface area contributed by atoms with Crippen molar-refractivity contribution >= 4 is 29.4 Å². The van der Waals surface area contributed by atoms with E-state index in [0.717, 1.165) is 16.9 Å². The van der Waals surface area contributed by atoms with Crippen molar-refractivity contribution in [3.8, 4) is 11.8 Å². The summed E-state index contributed by atoms with van der Waals surface area (Å²) in [5.41, 5.74) is 5.60. The Morgan fingerprint density at radius 2 is 1.36 bits per heavy atom. The number of ketones is 1. The lowest BCUT2D eigenvalue weighted by Gasteiger charge is -2.18. The molecule has 1 saturated carbocycles. The molecule has 0 N–H and O–H groups in total. The Morgan fingerprint density at radius 3 is 1.73 bits per heavy atom. The van der Waals surface area contributed by atoms with Gasteiger partial charge in [-0.1, -0.05) is 66.6 Å². The molecule has 1 saturated heterocycles. The van der Waals surface area contributed by atoms with E-state index in [1.807, 2.05) is 37.3 Å². The number of imide groups is 2. The molecule has 0 radical (unpaired) electrons. The number of carbonyl (C=O) groups excluding carboxylic acids is 5. The molecule has 0 spiro atoms. The first kappa shape index (κ1) is 33.7. The van der Waals surface area contributed by atoms with Crippen molar-refractivity contribution in [3.05, 3.63) is 108 Å². The summed E-state index contributed by atoms with van der Waals surface area (Å²) in [4.78, 5) is 56.2. The second-order valence-electron chi connectivity index (χ2n) is 11.1. The molecular weight excluding hydrogens is 552 g/mol. The zero-order chi connectivity index (χ0) is 32.4. The topological polar surface area (TPSA) is 91.8 Å². The fourth-order valence-electron chi connectivity index (χ4n) is 5.52. The van der Waals surface area contributed by atoms with Crippen LogP contribution in [0.3, 0.4) is 0 Å². The Morgan fingerprint density at radius 1 is 0.841 bits per heavy atom. The lowest BCUT2D eigenvalue weighted by molar-refractivity contribution is -0.139. The van der Waals surface area contributed by atoms with Gasteiger partial charge >= 0.3 is 0 Å². The zero-order valence-electron chi connectivity index (χ0n) is 26.1. The maximum Gasteiger partial charge on any atom is 0.253 e. The molecule has 228 valence electrons. The van der Waals surface area contributed by atoms with Gasteiger partial charge in [0.2, 0.25) is 11.8 Å². The second kappa shape index (κ2) is 15.6. The van der Waals surface area contributed by atoms with Gasteiger partial charge in [-0.2, -0.15) is 0 Å². The standard InChI is InChI=1S/C10H11NO2.C9H10.C9H8.C5H5NO2.C4H6O/c1-11-9(12)7-5-2-3-6(4-5)8(7)10(11)13;1-7-2-3-8-4-5-9(8)6-7;1-2-6-9-7-4-3-5-8-9;1-6-4(7)2-3-5(6)8;1-3-4(2)5/h2-3,5-8H,4H2,1H3;2-3,6H,4-5H2,1H3;3-5,7-8H,1H3;2-3H,1H3;3H,1H2,2H3. The molecule has 44 heavy (non-hydrogen) atoms. The SMILES string of the molecule is C=CC(C)=O.CC#Cc1ccccc1.CN1C(=O)C2C3C=CC(C3)C2C1=O.CN1C(=O)C=CC1=O.Cc1ccc2c(c1)CC2. The fraction of sp³-hybridized carbons (Fsp3) is 0.324. The number of rotatable bonds is 1. The summed E-state index contributed by atoms with van der Waals surface area (Å²) in [7, 11) is 3.05. The Bertz CT molecular complexity index is 1490. The van der Waals surface area contributed by atoms with Crippen LogP contribution in [0.4, 0.5) is 0 Å². The third kappa shape index (κ3) is 8.38. The minimum atomic E-state index is -0.241. The molecule has 2 aliphatic heterocycles.